The van der Waals surface area contributed by atoms with Gasteiger partial charge in [-0.25, -0.2) is 13.1 Å². The molecule has 7 nitrogen and oxygen atoms in total. The van der Waals surface area contributed by atoms with E-state index in [1.54, 1.807) is 12.1 Å². The Morgan fingerprint density at radius 3 is 2.60 bits per heavy atom. The van der Waals surface area contributed by atoms with Crippen molar-refractivity contribution >= 4 is 21.6 Å². The van der Waals surface area contributed by atoms with Gasteiger partial charge in [0, 0.05) is 13.1 Å². The van der Waals surface area contributed by atoms with Gasteiger partial charge in [0.1, 0.15) is 0 Å². The van der Waals surface area contributed by atoms with Gasteiger partial charge in [0.15, 0.2) is 0 Å². The first-order valence-corrected chi connectivity index (χ1v) is 8.03. The molecule has 1 rings (SSSR count). The highest BCUT2D eigenvalue weighted by Crippen LogP contribution is 2.15. The van der Waals surface area contributed by atoms with Gasteiger partial charge in [-0.1, -0.05) is 11.6 Å². The molecule has 0 saturated heterocycles. The number of carbonyl (C=O) groups excluding carboxylic acids is 1. The van der Waals surface area contributed by atoms with E-state index in [0.29, 0.717) is 24.2 Å². The molecular formula is C12H20N4O3S. The minimum absolute atomic E-state index is 0.249. The second-order valence-electron chi connectivity index (χ2n) is 4.47. The summed E-state index contributed by atoms with van der Waals surface area (Å²) < 4.78 is 24.1. The normalized spacial score (nSPS) is 11.2. The molecule has 0 bridgehead atoms. The van der Waals surface area contributed by atoms with Crippen molar-refractivity contribution in [1.82, 2.24) is 10.0 Å². The van der Waals surface area contributed by atoms with E-state index >= 15 is 0 Å². The molecule has 5 N–H and O–H groups in total. The highest BCUT2D eigenvalue weighted by atomic mass is 32.2. The maximum absolute atomic E-state index is 12.0. The van der Waals surface area contributed by atoms with Crippen LogP contribution in [0.25, 0.3) is 0 Å². The van der Waals surface area contributed by atoms with E-state index in [2.05, 4.69) is 15.5 Å². The molecular weight excluding hydrogens is 280 g/mol. The number of anilines is 1. The fraction of sp³-hybridized carbons (Fsp3) is 0.417. The summed E-state index contributed by atoms with van der Waals surface area (Å²) in [7, 11) is -3.18. The molecule has 0 aliphatic heterocycles. The number of sulfonamides is 1. The Labute approximate surface area is 119 Å². The molecule has 0 heterocycles. The van der Waals surface area contributed by atoms with E-state index in [1.807, 2.05) is 13.0 Å². The van der Waals surface area contributed by atoms with Gasteiger partial charge in [-0.2, -0.15) is 0 Å². The van der Waals surface area contributed by atoms with Crippen LogP contribution in [0.2, 0.25) is 0 Å². The molecule has 0 saturated carbocycles. The number of hydrogen-bond donors (Lipinski definition) is 4. The predicted molar refractivity (Wildman–Crippen MR) is 78.8 cm³/mol. The summed E-state index contributed by atoms with van der Waals surface area (Å²) in [5.41, 5.74) is 4.43. The summed E-state index contributed by atoms with van der Waals surface area (Å²) in [6.45, 7) is 2.54. The molecule has 0 unspecified atom stereocenters. The third kappa shape index (κ3) is 5.55. The number of hydrazine groups is 1. The molecule has 20 heavy (non-hydrogen) atoms. The number of nitrogen functional groups attached to an aromatic ring is 1. The van der Waals surface area contributed by atoms with Crippen LogP contribution in [0, 0.1) is 6.92 Å². The molecule has 0 radical (unpaired) electrons. The van der Waals surface area contributed by atoms with Gasteiger partial charge in [0.2, 0.25) is 10.0 Å². The van der Waals surface area contributed by atoms with Gasteiger partial charge in [-0.15, -0.1) is 0 Å². The first-order chi connectivity index (χ1) is 9.33. The Balaban J connectivity index is 2.49. The molecule has 0 fully saturated rings. The number of amides is 1. The predicted octanol–water partition coefficient (Wildman–Crippen LogP) is -0.0503. The van der Waals surface area contributed by atoms with Crippen molar-refractivity contribution in [1.29, 1.82) is 0 Å². The number of nitrogens with one attached hydrogen (secondary N) is 3. The fourth-order valence-corrected chi connectivity index (χ4v) is 2.13. The average molecular weight is 300 g/mol. The van der Waals surface area contributed by atoms with Gasteiger partial charge in [-0.3, -0.25) is 10.6 Å². The summed E-state index contributed by atoms with van der Waals surface area (Å²) in [6.07, 6.45) is 1.60. The summed E-state index contributed by atoms with van der Waals surface area (Å²) in [5.74, 6) is 5.11. The number of nitrogens with two attached hydrogens (primary N) is 1. The first kappa shape index (κ1) is 16.4. The van der Waals surface area contributed by atoms with Crippen molar-refractivity contribution in [3.8, 4) is 0 Å². The molecule has 1 amide bonds. The van der Waals surface area contributed by atoms with E-state index in [0.717, 1.165) is 11.8 Å². The topological polar surface area (TPSA) is 113 Å². The van der Waals surface area contributed by atoms with Crippen molar-refractivity contribution in [2.75, 3.05) is 24.8 Å². The number of carbonyl (C=O) groups is 1. The second-order valence-corrected chi connectivity index (χ2v) is 6.30. The van der Waals surface area contributed by atoms with Crippen LogP contribution in [0.5, 0.6) is 0 Å². The quantitative estimate of drug-likeness (QED) is 0.320. The SMILES string of the molecule is Cc1ccc(NN)c(C(=O)NCCCNS(C)(=O)=O)c1. The van der Waals surface area contributed by atoms with Crippen molar-refractivity contribution in [3.05, 3.63) is 29.3 Å². The van der Waals surface area contributed by atoms with Crippen LogP contribution < -0.4 is 21.3 Å². The minimum Gasteiger partial charge on any atom is -0.352 e. The fourth-order valence-electron chi connectivity index (χ4n) is 1.61. The van der Waals surface area contributed by atoms with Crippen molar-refractivity contribution in [3.63, 3.8) is 0 Å². The van der Waals surface area contributed by atoms with Gasteiger partial charge in [0.25, 0.3) is 5.91 Å². The number of hydrogen-bond acceptors (Lipinski definition) is 5. The van der Waals surface area contributed by atoms with Crippen molar-refractivity contribution < 1.29 is 13.2 Å². The van der Waals surface area contributed by atoms with Crippen LogP contribution >= 0.6 is 0 Å². The van der Waals surface area contributed by atoms with Crippen molar-refractivity contribution in [2.45, 2.75) is 13.3 Å². The Morgan fingerprint density at radius 1 is 1.30 bits per heavy atom. The first-order valence-electron chi connectivity index (χ1n) is 6.13. The van der Waals surface area contributed by atoms with Crippen LogP contribution in [0.4, 0.5) is 5.69 Å². The zero-order chi connectivity index (χ0) is 15.2. The largest absolute Gasteiger partial charge is 0.352 e. The molecule has 0 spiro atoms. The Morgan fingerprint density at radius 2 is 2.00 bits per heavy atom. The number of benzene rings is 1. The van der Waals surface area contributed by atoms with Crippen molar-refractivity contribution in [2.24, 2.45) is 5.84 Å². The van der Waals surface area contributed by atoms with Crippen LogP contribution in [0.3, 0.4) is 0 Å². The molecule has 1 aromatic carbocycles. The molecule has 0 atom stereocenters. The smallest absolute Gasteiger partial charge is 0.253 e. The van der Waals surface area contributed by atoms with E-state index < -0.39 is 10.0 Å². The number of aryl methyl sites for hydroxylation is 1. The van der Waals surface area contributed by atoms with Crippen LogP contribution in [-0.2, 0) is 10.0 Å². The lowest BCUT2D eigenvalue weighted by molar-refractivity contribution is 0.0954. The zero-order valence-corrected chi connectivity index (χ0v) is 12.4. The maximum atomic E-state index is 12.0. The van der Waals surface area contributed by atoms with Crippen LogP contribution in [0.15, 0.2) is 18.2 Å². The zero-order valence-electron chi connectivity index (χ0n) is 11.6. The standard InChI is InChI=1S/C12H20N4O3S/c1-9-4-5-11(16-13)10(8-9)12(17)14-6-3-7-15-20(2,18)19/h4-5,8,15-16H,3,6-7,13H2,1-2H3,(H,14,17). The monoisotopic (exact) mass is 300 g/mol. The van der Waals surface area contributed by atoms with Gasteiger partial charge < -0.3 is 10.7 Å². The summed E-state index contributed by atoms with van der Waals surface area (Å²) in [6, 6.07) is 5.32. The summed E-state index contributed by atoms with van der Waals surface area (Å²) >= 11 is 0. The molecule has 0 aromatic heterocycles. The van der Waals surface area contributed by atoms with E-state index in [4.69, 9.17) is 5.84 Å². The maximum Gasteiger partial charge on any atom is 0.253 e. The summed E-state index contributed by atoms with van der Waals surface area (Å²) in [5, 5.41) is 2.72. The van der Waals surface area contributed by atoms with Crippen LogP contribution in [0.1, 0.15) is 22.3 Å². The van der Waals surface area contributed by atoms with E-state index in [1.165, 1.54) is 0 Å². The average Bonchev–Trinajstić information content (AvgIpc) is 2.36. The molecule has 112 valence electrons. The Hall–Kier alpha value is -1.64. The van der Waals surface area contributed by atoms with Gasteiger partial charge >= 0.3 is 0 Å². The lowest BCUT2D eigenvalue weighted by Crippen LogP contribution is -2.30. The lowest BCUT2D eigenvalue weighted by atomic mass is 10.1. The number of rotatable bonds is 7. The highest BCUT2D eigenvalue weighted by molar-refractivity contribution is 7.88. The van der Waals surface area contributed by atoms with E-state index in [-0.39, 0.29) is 12.5 Å². The molecule has 0 aliphatic carbocycles. The van der Waals surface area contributed by atoms with Gasteiger partial charge in [-0.05, 0) is 25.5 Å². The third-order valence-electron chi connectivity index (χ3n) is 2.58. The molecule has 8 heteroatoms. The Kier molecular flexibility index (Phi) is 5.93. The Bertz CT molecular complexity index is 572. The summed E-state index contributed by atoms with van der Waals surface area (Å²) in [4.78, 5) is 12.0. The highest BCUT2D eigenvalue weighted by Gasteiger charge is 2.10. The van der Waals surface area contributed by atoms with E-state index in [9.17, 15) is 13.2 Å². The minimum atomic E-state index is -3.18. The lowest BCUT2D eigenvalue weighted by Gasteiger charge is -2.10. The van der Waals surface area contributed by atoms with Gasteiger partial charge in [0.05, 0.1) is 17.5 Å². The molecule has 1 aromatic rings. The van der Waals surface area contributed by atoms with Crippen LogP contribution in [-0.4, -0.2) is 33.7 Å². The molecule has 0 aliphatic rings. The second kappa shape index (κ2) is 7.22. The third-order valence-corrected chi connectivity index (χ3v) is 3.31.